The van der Waals surface area contributed by atoms with Crippen LogP contribution in [0.25, 0.3) is 0 Å². The van der Waals surface area contributed by atoms with Crippen LogP contribution in [0.4, 0.5) is 0 Å². The standard InChI is InChI=1S/C23H29NO5/c1-12(2)29-22(27)19-13(3)24-15-10-23(4,5)11-17(26)21(15)20(19)14-7-8-16(25)18(9-14)28-6/h7-9,12,20,24-25H,10-11H2,1-6H3/t20-/m1/s1. The minimum atomic E-state index is -0.574. The summed E-state index contributed by atoms with van der Waals surface area (Å²) in [5, 5.41) is 13.3. The fourth-order valence-electron chi connectivity index (χ4n) is 4.19. The number of aromatic hydroxyl groups is 1. The van der Waals surface area contributed by atoms with E-state index in [4.69, 9.17) is 9.47 Å². The van der Waals surface area contributed by atoms with Gasteiger partial charge in [0.1, 0.15) is 0 Å². The minimum Gasteiger partial charge on any atom is -0.504 e. The third kappa shape index (κ3) is 4.02. The number of phenolic OH excluding ortho intramolecular Hbond substituents is 1. The summed E-state index contributed by atoms with van der Waals surface area (Å²) in [5.41, 5.74) is 3.09. The number of ketones is 1. The van der Waals surface area contributed by atoms with Gasteiger partial charge in [-0.15, -0.1) is 0 Å². The third-order valence-electron chi connectivity index (χ3n) is 5.34. The molecule has 1 aromatic carbocycles. The summed E-state index contributed by atoms with van der Waals surface area (Å²) >= 11 is 0. The van der Waals surface area contributed by atoms with Gasteiger partial charge in [-0.05, 0) is 50.3 Å². The molecule has 2 aliphatic rings. The van der Waals surface area contributed by atoms with Gasteiger partial charge in [-0.2, -0.15) is 0 Å². The zero-order valence-corrected chi connectivity index (χ0v) is 17.9. The van der Waals surface area contributed by atoms with Crippen molar-refractivity contribution in [2.45, 2.75) is 59.5 Å². The first-order chi connectivity index (χ1) is 13.5. The molecule has 1 aliphatic heterocycles. The van der Waals surface area contributed by atoms with Crippen molar-refractivity contribution < 1.29 is 24.2 Å². The summed E-state index contributed by atoms with van der Waals surface area (Å²) in [6.45, 7) is 9.55. The van der Waals surface area contributed by atoms with Crippen molar-refractivity contribution in [3.05, 3.63) is 46.3 Å². The molecule has 156 valence electrons. The van der Waals surface area contributed by atoms with Crippen LogP contribution in [-0.4, -0.2) is 30.1 Å². The normalized spacial score (nSPS) is 21.1. The maximum absolute atomic E-state index is 13.2. The topological polar surface area (TPSA) is 84.9 Å². The maximum atomic E-state index is 13.2. The molecule has 0 fully saturated rings. The van der Waals surface area contributed by atoms with Gasteiger partial charge in [0.05, 0.1) is 18.8 Å². The predicted molar refractivity (Wildman–Crippen MR) is 110 cm³/mol. The number of carbonyl (C=O) groups excluding carboxylic acids is 2. The number of carbonyl (C=O) groups is 2. The number of hydrogen-bond donors (Lipinski definition) is 2. The highest BCUT2D eigenvalue weighted by Gasteiger charge is 2.43. The highest BCUT2D eigenvalue weighted by molar-refractivity contribution is 6.04. The van der Waals surface area contributed by atoms with Crippen molar-refractivity contribution in [2.24, 2.45) is 5.41 Å². The third-order valence-corrected chi connectivity index (χ3v) is 5.34. The molecule has 6 heteroatoms. The molecule has 0 spiro atoms. The fraction of sp³-hybridized carbons (Fsp3) is 0.478. The van der Waals surface area contributed by atoms with E-state index in [1.54, 1.807) is 26.0 Å². The van der Waals surface area contributed by atoms with Crippen molar-refractivity contribution in [3.8, 4) is 11.5 Å². The molecule has 1 atom stereocenters. The van der Waals surface area contributed by atoms with E-state index in [1.807, 2.05) is 6.92 Å². The van der Waals surface area contributed by atoms with E-state index in [0.717, 1.165) is 5.70 Å². The molecular formula is C23H29NO5. The van der Waals surface area contributed by atoms with E-state index in [1.165, 1.54) is 13.2 Å². The maximum Gasteiger partial charge on any atom is 0.337 e. The van der Waals surface area contributed by atoms with Crippen LogP contribution in [-0.2, 0) is 14.3 Å². The van der Waals surface area contributed by atoms with Gasteiger partial charge in [-0.3, -0.25) is 4.79 Å². The van der Waals surface area contributed by atoms with Crippen molar-refractivity contribution in [3.63, 3.8) is 0 Å². The monoisotopic (exact) mass is 399 g/mol. The van der Waals surface area contributed by atoms with Crippen LogP contribution < -0.4 is 10.1 Å². The number of nitrogens with one attached hydrogen (secondary N) is 1. The van der Waals surface area contributed by atoms with E-state index >= 15 is 0 Å². The van der Waals surface area contributed by atoms with Gasteiger partial charge in [0.25, 0.3) is 0 Å². The Kier molecular flexibility index (Phi) is 5.48. The van der Waals surface area contributed by atoms with Crippen LogP contribution in [0.5, 0.6) is 11.5 Å². The molecule has 0 amide bonds. The molecule has 6 nitrogen and oxygen atoms in total. The van der Waals surface area contributed by atoms with Gasteiger partial charge in [-0.1, -0.05) is 19.9 Å². The van der Waals surface area contributed by atoms with Crippen LogP contribution in [0.2, 0.25) is 0 Å². The number of esters is 1. The summed E-state index contributed by atoms with van der Waals surface area (Å²) in [6, 6.07) is 4.93. The van der Waals surface area contributed by atoms with Crippen LogP contribution in [0, 0.1) is 5.41 Å². The lowest BCUT2D eigenvalue weighted by Crippen LogP contribution is -2.39. The molecule has 0 aromatic heterocycles. The molecule has 29 heavy (non-hydrogen) atoms. The molecule has 0 radical (unpaired) electrons. The highest BCUT2D eigenvalue weighted by atomic mass is 16.5. The first-order valence-corrected chi connectivity index (χ1v) is 9.86. The SMILES string of the molecule is COc1cc([C@@H]2C(C(=O)OC(C)C)=C(C)NC3=C2C(=O)CC(C)(C)C3)ccc1O. The molecule has 2 N–H and O–H groups in total. The Hall–Kier alpha value is -2.76. The smallest absolute Gasteiger partial charge is 0.337 e. The fourth-order valence-corrected chi connectivity index (χ4v) is 4.19. The number of hydrogen-bond acceptors (Lipinski definition) is 6. The number of ether oxygens (including phenoxy) is 2. The Morgan fingerprint density at radius 2 is 1.97 bits per heavy atom. The molecule has 1 aromatic rings. The van der Waals surface area contributed by atoms with Gasteiger partial charge < -0.3 is 19.9 Å². The van der Waals surface area contributed by atoms with Crippen LogP contribution >= 0.6 is 0 Å². The number of phenols is 1. The van der Waals surface area contributed by atoms with Crippen molar-refractivity contribution in [1.82, 2.24) is 5.32 Å². The summed E-state index contributed by atoms with van der Waals surface area (Å²) in [4.78, 5) is 26.2. The zero-order chi connectivity index (χ0) is 21.5. The molecule has 0 saturated carbocycles. The Morgan fingerprint density at radius 3 is 2.59 bits per heavy atom. The van der Waals surface area contributed by atoms with Crippen LogP contribution in [0.3, 0.4) is 0 Å². The predicted octanol–water partition coefficient (Wildman–Crippen LogP) is 3.96. The Bertz CT molecular complexity index is 923. The van der Waals surface area contributed by atoms with E-state index in [0.29, 0.717) is 41.0 Å². The lowest BCUT2D eigenvalue weighted by Gasteiger charge is -2.39. The lowest BCUT2D eigenvalue weighted by atomic mass is 9.68. The summed E-state index contributed by atoms with van der Waals surface area (Å²) < 4.78 is 10.8. The van der Waals surface area contributed by atoms with Gasteiger partial charge in [0, 0.05) is 29.3 Å². The van der Waals surface area contributed by atoms with Crippen molar-refractivity contribution >= 4 is 11.8 Å². The lowest BCUT2D eigenvalue weighted by molar-refractivity contribution is -0.143. The first kappa shape index (κ1) is 21.0. The summed E-state index contributed by atoms with van der Waals surface area (Å²) in [6.07, 6.45) is 0.836. The quantitative estimate of drug-likeness (QED) is 0.746. The van der Waals surface area contributed by atoms with Crippen LogP contribution in [0.1, 0.15) is 58.9 Å². The van der Waals surface area contributed by atoms with Gasteiger partial charge in [-0.25, -0.2) is 4.79 Å². The number of rotatable bonds is 4. The molecule has 0 unspecified atom stereocenters. The van der Waals surface area contributed by atoms with E-state index < -0.39 is 11.9 Å². The van der Waals surface area contributed by atoms with E-state index in [9.17, 15) is 14.7 Å². The largest absolute Gasteiger partial charge is 0.504 e. The molecule has 3 rings (SSSR count). The highest BCUT2D eigenvalue weighted by Crippen LogP contribution is 2.47. The van der Waals surface area contributed by atoms with Gasteiger partial charge in [0.15, 0.2) is 17.3 Å². The average molecular weight is 399 g/mol. The van der Waals surface area contributed by atoms with Gasteiger partial charge in [0.2, 0.25) is 0 Å². The number of Topliss-reactive ketones (excluding diaryl/α,β-unsaturated/α-hetero) is 1. The number of methoxy groups -OCH3 is 1. The first-order valence-electron chi connectivity index (χ1n) is 9.86. The Morgan fingerprint density at radius 1 is 1.28 bits per heavy atom. The van der Waals surface area contributed by atoms with E-state index in [2.05, 4.69) is 19.2 Å². The molecule has 1 aliphatic carbocycles. The molecule has 0 bridgehead atoms. The Labute approximate surface area is 171 Å². The second kappa shape index (κ2) is 7.58. The van der Waals surface area contributed by atoms with E-state index in [-0.39, 0.29) is 23.1 Å². The van der Waals surface area contributed by atoms with Crippen molar-refractivity contribution in [1.29, 1.82) is 0 Å². The minimum absolute atomic E-state index is 0.00231. The number of dihydropyridines is 1. The average Bonchev–Trinajstić information content (AvgIpc) is 2.59. The number of benzene rings is 1. The second-order valence-corrected chi connectivity index (χ2v) is 8.82. The molecular weight excluding hydrogens is 370 g/mol. The summed E-state index contributed by atoms with van der Waals surface area (Å²) in [7, 11) is 1.47. The zero-order valence-electron chi connectivity index (χ0n) is 17.9. The molecule has 0 saturated heterocycles. The van der Waals surface area contributed by atoms with Crippen molar-refractivity contribution in [2.75, 3.05) is 7.11 Å². The van der Waals surface area contributed by atoms with Gasteiger partial charge >= 0.3 is 5.97 Å². The Balaban J connectivity index is 2.20. The molecule has 1 heterocycles. The van der Waals surface area contributed by atoms with Crippen LogP contribution in [0.15, 0.2) is 40.7 Å². The summed E-state index contributed by atoms with van der Waals surface area (Å²) in [5.74, 6) is -0.714. The second-order valence-electron chi connectivity index (χ2n) is 8.82. The number of allylic oxidation sites excluding steroid dienone is 3.